The molecule has 1 N–H and O–H groups in total. The molecule has 8 nitrogen and oxygen atoms in total. The first kappa shape index (κ1) is 21.6. The second-order valence-corrected chi connectivity index (χ2v) is 8.14. The number of nitrogens with one attached hydrogen (secondary N) is 1. The lowest BCUT2D eigenvalue weighted by molar-refractivity contribution is -0.152. The highest BCUT2D eigenvalue weighted by atomic mass is 32.1. The summed E-state index contributed by atoms with van der Waals surface area (Å²) in [6, 6.07) is 12.8. The van der Waals surface area contributed by atoms with E-state index in [2.05, 4.69) is 10.3 Å². The lowest BCUT2D eigenvalue weighted by Gasteiger charge is -2.13. The Labute approximate surface area is 189 Å². The van der Waals surface area contributed by atoms with E-state index >= 15 is 0 Å². The molecular formula is C23H22N2O6S. The first-order chi connectivity index (χ1) is 15.5. The Morgan fingerprint density at radius 3 is 2.75 bits per heavy atom. The predicted octanol–water partition coefficient (Wildman–Crippen LogP) is 3.87. The number of hydrogen-bond donors (Lipinski definition) is 1. The van der Waals surface area contributed by atoms with Crippen LogP contribution in [-0.2, 0) is 27.4 Å². The number of hydrogen-bond acceptors (Lipinski definition) is 8. The fraction of sp³-hybridized carbons (Fsp3) is 0.261. The van der Waals surface area contributed by atoms with Crippen molar-refractivity contribution in [2.24, 2.45) is 0 Å². The van der Waals surface area contributed by atoms with Gasteiger partial charge in [0.1, 0.15) is 17.4 Å². The molecule has 0 saturated carbocycles. The van der Waals surface area contributed by atoms with E-state index in [9.17, 15) is 9.59 Å². The van der Waals surface area contributed by atoms with Crippen molar-refractivity contribution in [1.82, 2.24) is 4.98 Å². The van der Waals surface area contributed by atoms with Gasteiger partial charge in [-0.3, -0.25) is 9.59 Å². The molecule has 1 amide bonds. The van der Waals surface area contributed by atoms with Crippen LogP contribution in [0.1, 0.15) is 23.2 Å². The van der Waals surface area contributed by atoms with Crippen LogP contribution in [0.2, 0.25) is 0 Å². The van der Waals surface area contributed by atoms with Gasteiger partial charge in [-0.25, -0.2) is 4.98 Å². The second-order valence-electron chi connectivity index (χ2n) is 7.20. The third-order valence-electron chi connectivity index (χ3n) is 4.63. The van der Waals surface area contributed by atoms with Gasteiger partial charge in [-0.2, -0.15) is 0 Å². The summed E-state index contributed by atoms with van der Waals surface area (Å²) in [7, 11) is 0. The predicted molar refractivity (Wildman–Crippen MR) is 118 cm³/mol. The summed E-state index contributed by atoms with van der Waals surface area (Å²) < 4.78 is 21.5. The molecule has 2 aromatic carbocycles. The number of aryl methyl sites for hydroxylation is 1. The minimum Gasteiger partial charge on any atom is -0.486 e. The first-order valence-electron chi connectivity index (χ1n) is 9.99. The van der Waals surface area contributed by atoms with E-state index in [1.807, 2.05) is 31.2 Å². The van der Waals surface area contributed by atoms with Crippen LogP contribution in [0.5, 0.6) is 17.2 Å². The van der Waals surface area contributed by atoms with E-state index in [4.69, 9.17) is 18.9 Å². The van der Waals surface area contributed by atoms with Crippen LogP contribution in [0, 0.1) is 6.92 Å². The number of carbonyl (C=O) groups excluding carboxylic acids is 2. The maximum atomic E-state index is 12.4. The van der Waals surface area contributed by atoms with Crippen molar-refractivity contribution >= 4 is 28.9 Å². The number of amides is 1. The fourth-order valence-corrected chi connectivity index (χ4v) is 3.64. The monoisotopic (exact) mass is 454 g/mol. The molecule has 0 bridgehead atoms. The van der Waals surface area contributed by atoms with E-state index in [-0.39, 0.29) is 13.2 Å². The average molecular weight is 455 g/mol. The third kappa shape index (κ3) is 5.55. The van der Waals surface area contributed by atoms with Crippen LogP contribution in [0.25, 0.3) is 0 Å². The molecule has 166 valence electrons. The number of thiazole rings is 1. The number of rotatable bonds is 8. The van der Waals surface area contributed by atoms with E-state index in [0.717, 1.165) is 16.3 Å². The summed E-state index contributed by atoms with van der Waals surface area (Å²) in [6.07, 6.45) is -0.987. The number of ether oxygens (including phenoxy) is 4. The average Bonchev–Trinajstić information content (AvgIpc) is 3.42. The molecule has 0 fully saturated rings. The SMILES string of the molecule is Cc1ccc(OCc2nc(CC(=O)O[C@H](C)C(=O)Nc3ccc4c(c3)OCO4)cs2)cc1. The van der Waals surface area contributed by atoms with Crippen LogP contribution in [0.15, 0.2) is 47.8 Å². The Morgan fingerprint density at radius 2 is 1.94 bits per heavy atom. The van der Waals surface area contributed by atoms with E-state index in [1.54, 1.807) is 23.6 Å². The molecule has 2 heterocycles. The van der Waals surface area contributed by atoms with Crippen LogP contribution in [0.4, 0.5) is 5.69 Å². The lowest BCUT2D eigenvalue weighted by atomic mass is 10.2. The third-order valence-corrected chi connectivity index (χ3v) is 5.50. The standard InChI is InChI=1S/C23H22N2O6S/c1-14-3-6-18(7-4-14)28-11-21-24-17(12-32-21)10-22(26)31-15(2)23(27)25-16-5-8-19-20(9-16)30-13-29-19/h3-9,12,15H,10-11,13H2,1-2H3,(H,25,27)/t15-/m1/s1. The van der Waals surface area contributed by atoms with Gasteiger partial charge in [-0.15, -0.1) is 11.3 Å². The van der Waals surface area contributed by atoms with Crippen LogP contribution in [-0.4, -0.2) is 29.8 Å². The number of nitrogens with zero attached hydrogens (tertiary/aromatic N) is 1. The van der Waals surface area contributed by atoms with Gasteiger partial charge >= 0.3 is 5.97 Å². The minimum atomic E-state index is -0.962. The number of fused-ring (bicyclic) bond motifs is 1. The number of esters is 1. The number of carbonyl (C=O) groups is 2. The molecule has 3 aromatic rings. The zero-order valence-electron chi connectivity index (χ0n) is 17.6. The lowest BCUT2D eigenvalue weighted by Crippen LogP contribution is -2.30. The van der Waals surface area contributed by atoms with Gasteiger partial charge < -0.3 is 24.3 Å². The topological polar surface area (TPSA) is 96.0 Å². The quantitative estimate of drug-likeness (QED) is 0.516. The molecule has 1 atom stereocenters. The molecule has 0 radical (unpaired) electrons. The molecule has 1 aliphatic heterocycles. The summed E-state index contributed by atoms with van der Waals surface area (Å²) in [5, 5.41) is 5.23. The largest absolute Gasteiger partial charge is 0.486 e. The van der Waals surface area contributed by atoms with Gasteiger partial charge in [0, 0.05) is 17.1 Å². The van der Waals surface area contributed by atoms with Crippen LogP contribution in [0.3, 0.4) is 0 Å². The van der Waals surface area contributed by atoms with Gasteiger partial charge in [0.05, 0.1) is 12.1 Å². The normalized spacial score (nSPS) is 12.8. The van der Waals surface area contributed by atoms with Crippen molar-refractivity contribution in [2.75, 3.05) is 12.1 Å². The summed E-state index contributed by atoms with van der Waals surface area (Å²) in [5.74, 6) is 0.957. The maximum Gasteiger partial charge on any atom is 0.312 e. The molecule has 4 rings (SSSR count). The highest BCUT2D eigenvalue weighted by Gasteiger charge is 2.20. The summed E-state index contributed by atoms with van der Waals surface area (Å²) in [4.78, 5) is 29.0. The maximum absolute atomic E-state index is 12.4. The Bertz CT molecular complexity index is 1110. The Morgan fingerprint density at radius 1 is 1.16 bits per heavy atom. The molecule has 9 heteroatoms. The zero-order chi connectivity index (χ0) is 22.5. The molecule has 0 spiro atoms. The fourth-order valence-electron chi connectivity index (χ4n) is 2.93. The van der Waals surface area contributed by atoms with E-state index in [0.29, 0.717) is 29.5 Å². The summed E-state index contributed by atoms with van der Waals surface area (Å²) >= 11 is 1.41. The molecule has 0 aliphatic carbocycles. The van der Waals surface area contributed by atoms with Gasteiger partial charge in [0.25, 0.3) is 5.91 Å². The van der Waals surface area contributed by atoms with Gasteiger partial charge in [0.2, 0.25) is 6.79 Å². The smallest absolute Gasteiger partial charge is 0.312 e. The number of anilines is 1. The van der Waals surface area contributed by atoms with Crippen molar-refractivity contribution in [1.29, 1.82) is 0 Å². The minimum absolute atomic E-state index is 0.0251. The molecule has 1 aromatic heterocycles. The Hall–Kier alpha value is -3.59. The van der Waals surface area contributed by atoms with Gasteiger partial charge in [0.15, 0.2) is 17.6 Å². The molecule has 1 aliphatic rings. The van der Waals surface area contributed by atoms with Crippen molar-refractivity contribution in [3.8, 4) is 17.2 Å². The first-order valence-corrected chi connectivity index (χ1v) is 10.9. The Balaban J connectivity index is 1.24. The van der Waals surface area contributed by atoms with E-state index in [1.165, 1.54) is 18.3 Å². The Kier molecular flexibility index (Phi) is 6.55. The van der Waals surface area contributed by atoms with Crippen LogP contribution < -0.4 is 19.5 Å². The second kappa shape index (κ2) is 9.69. The number of aromatic nitrogens is 1. The van der Waals surface area contributed by atoms with Gasteiger partial charge in [-0.05, 0) is 38.1 Å². The molecule has 0 saturated heterocycles. The van der Waals surface area contributed by atoms with Crippen molar-refractivity contribution in [3.63, 3.8) is 0 Å². The molecule has 32 heavy (non-hydrogen) atoms. The van der Waals surface area contributed by atoms with Crippen molar-refractivity contribution in [3.05, 3.63) is 64.1 Å². The molecule has 0 unspecified atom stereocenters. The highest BCUT2D eigenvalue weighted by molar-refractivity contribution is 7.09. The summed E-state index contributed by atoms with van der Waals surface area (Å²) in [5.41, 5.74) is 2.26. The zero-order valence-corrected chi connectivity index (χ0v) is 18.4. The van der Waals surface area contributed by atoms with Crippen molar-refractivity contribution in [2.45, 2.75) is 33.0 Å². The van der Waals surface area contributed by atoms with Gasteiger partial charge in [-0.1, -0.05) is 17.7 Å². The van der Waals surface area contributed by atoms with E-state index < -0.39 is 18.0 Å². The number of benzene rings is 2. The molecular weight excluding hydrogens is 432 g/mol. The summed E-state index contributed by atoms with van der Waals surface area (Å²) in [6.45, 7) is 3.99. The highest BCUT2D eigenvalue weighted by Crippen LogP contribution is 2.34. The van der Waals surface area contributed by atoms with Crippen LogP contribution >= 0.6 is 11.3 Å². The van der Waals surface area contributed by atoms with Crippen molar-refractivity contribution < 1.29 is 28.5 Å².